The van der Waals surface area contributed by atoms with Crippen LogP contribution >= 0.6 is 13.5 Å². The molecule has 0 heterocycles. The topological polar surface area (TPSA) is 55.5 Å². The first kappa shape index (κ1) is 9.52. The van der Waals surface area contributed by atoms with E-state index in [9.17, 15) is 0 Å². The van der Waals surface area contributed by atoms with E-state index in [0.29, 0.717) is 0 Å². The largest absolute Gasteiger partial charge is 0.367 e. The van der Waals surface area contributed by atoms with E-state index in [1.807, 2.05) is 0 Å². The average Bonchev–Trinajstić information content (AvgIpc) is 1.38. The molecular formula is C2H9NO2S. The Balaban J connectivity index is 0. The van der Waals surface area contributed by atoms with E-state index in [4.69, 9.17) is 5.11 Å². The van der Waals surface area contributed by atoms with Crippen LogP contribution in [-0.4, -0.2) is 11.4 Å². The average molecular weight is 111 g/mol. The summed E-state index contributed by atoms with van der Waals surface area (Å²) >= 11 is 0. The van der Waals surface area contributed by atoms with Crippen LogP contribution < -0.4 is 5.90 Å². The van der Waals surface area contributed by atoms with Gasteiger partial charge in [0.2, 0.25) is 0 Å². The van der Waals surface area contributed by atoms with E-state index in [-0.39, 0.29) is 13.5 Å². The number of rotatable bonds is 1. The van der Waals surface area contributed by atoms with Gasteiger partial charge in [-0.2, -0.15) is 13.5 Å². The third kappa shape index (κ3) is 8.87. The summed E-state index contributed by atoms with van der Waals surface area (Å²) in [5.41, 5.74) is 0. The highest BCUT2D eigenvalue weighted by Crippen LogP contribution is 1.68. The Morgan fingerprint density at radius 2 is 2.00 bits per heavy atom. The van der Waals surface area contributed by atoms with Crippen LogP contribution in [0, 0.1) is 0 Å². The van der Waals surface area contributed by atoms with Crippen LogP contribution in [0.1, 0.15) is 6.92 Å². The van der Waals surface area contributed by atoms with Crippen LogP contribution in [0.5, 0.6) is 0 Å². The van der Waals surface area contributed by atoms with Gasteiger partial charge in [-0.25, -0.2) is 5.90 Å². The van der Waals surface area contributed by atoms with Crippen molar-refractivity contribution in [2.75, 3.05) is 0 Å². The van der Waals surface area contributed by atoms with Crippen molar-refractivity contribution in [3.63, 3.8) is 0 Å². The third-order valence-electron chi connectivity index (χ3n) is 0.197. The Kier molecular flexibility index (Phi) is 8.30. The third-order valence-corrected chi connectivity index (χ3v) is 0.197. The minimum Gasteiger partial charge on any atom is -0.367 e. The van der Waals surface area contributed by atoms with Gasteiger partial charge in [0.05, 0.1) is 0 Å². The zero-order valence-corrected chi connectivity index (χ0v) is 4.51. The molecule has 0 bridgehead atoms. The second kappa shape index (κ2) is 5.23. The Morgan fingerprint density at radius 3 is 2.00 bits per heavy atom. The summed E-state index contributed by atoms with van der Waals surface area (Å²) in [6, 6.07) is 0. The first-order valence-corrected chi connectivity index (χ1v) is 1.31. The van der Waals surface area contributed by atoms with E-state index in [1.165, 1.54) is 6.92 Å². The van der Waals surface area contributed by atoms with Crippen molar-refractivity contribution in [1.82, 2.24) is 0 Å². The maximum Gasteiger partial charge on any atom is 0.171 e. The van der Waals surface area contributed by atoms with Crippen molar-refractivity contribution in [1.29, 1.82) is 0 Å². The predicted octanol–water partition coefficient (Wildman–Crippen LogP) is -0.672. The first-order valence-electron chi connectivity index (χ1n) is 1.31. The minimum absolute atomic E-state index is 0. The molecular weight excluding hydrogens is 102 g/mol. The second-order valence-corrected chi connectivity index (χ2v) is 0.735. The molecule has 0 amide bonds. The Labute approximate surface area is 43.5 Å². The minimum atomic E-state index is -0.838. The molecule has 40 valence electrons. The fraction of sp³-hybridized carbons (Fsp3) is 1.00. The molecule has 0 aliphatic carbocycles. The molecule has 3 N–H and O–H groups in total. The van der Waals surface area contributed by atoms with E-state index in [1.54, 1.807) is 0 Å². The number of hydrogen-bond acceptors (Lipinski definition) is 3. The number of aliphatic hydroxyl groups is 1. The molecule has 0 aromatic rings. The summed E-state index contributed by atoms with van der Waals surface area (Å²) in [5, 5.41) is 8.01. The van der Waals surface area contributed by atoms with Crippen LogP contribution in [-0.2, 0) is 4.84 Å². The zero-order chi connectivity index (χ0) is 4.28. The molecule has 0 aliphatic rings. The van der Waals surface area contributed by atoms with E-state index >= 15 is 0 Å². The van der Waals surface area contributed by atoms with Crippen molar-refractivity contribution < 1.29 is 9.94 Å². The molecule has 0 aliphatic heterocycles. The van der Waals surface area contributed by atoms with E-state index < -0.39 is 6.29 Å². The Hall–Kier alpha value is 0.230. The van der Waals surface area contributed by atoms with Crippen molar-refractivity contribution in [3.8, 4) is 0 Å². The summed E-state index contributed by atoms with van der Waals surface area (Å²) in [6.07, 6.45) is -0.838. The van der Waals surface area contributed by atoms with Gasteiger partial charge >= 0.3 is 0 Å². The number of aliphatic hydroxyl groups excluding tert-OH is 1. The molecule has 1 atom stereocenters. The standard InChI is InChI=1S/C2H7NO2.H2S/c1-2(4)5-3;/h2,4H,3H2,1H3;1H2. The van der Waals surface area contributed by atoms with E-state index in [2.05, 4.69) is 10.7 Å². The summed E-state index contributed by atoms with van der Waals surface area (Å²) in [6.45, 7) is 1.43. The molecule has 0 spiro atoms. The van der Waals surface area contributed by atoms with Crippen LogP contribution in [0.4, 0.5) is 0 Å². The van der Waals surface area contributed by atoms with Crippen molar-refractivity contribution in [3.05, 3.63) is 0 Å². The molecule has 0 rings (SSSR count). The van der Waals surface area contributed by atoms with Crippen molar-refractivity contribution in [2.24, 2.45) is 5.90 Å². The highest BCUT2D eigenvalue weighted by Gasteiger charge is 1.81. The summed E-state index contributed by atoms with van der Waals surface area (Å²) in [5.74, 6) is 4.42. The van der Waals surface area contributed by atoms with Crippen LogP contribution in [0.25, 0.3) is 0 Å². The van der Waals surface area contributed by atoms with Gasteiger partial charge < -0.3 is 5.11 Å². The molecule has 0 aromatic carbocycles. The van der Waals surface area contributed by atoms with Crippen LogP contribution in [0.15, 0.2) is 0 Å². The molecule has 0 radical (unpaired) electrons. The smallest absolute Gasteiger partial charge is 0.171 e. The zero-order valence-electron chi connectivity index (χ0n) is 3.51. The predicted molar refractivity (Wildman–Crippen MR) is 27.3 cm³/mol. The van der Waals surface area contributed by atoms with Crippen LogP contribution in [0.3, 0.4) is 0 Å². The summed E-state index contributed by atoms with van der Waals surface area (Å²) in [7, 11) is 0. The summed E-state index contributed by atoms with van der Waals surface area (Å²) < 4.78 is 0. The lowest BCUT2D eigenvalue weighted by Crippen LogP contribution is -2.10. The highest BCUT2D eigenvalue weighted by atomic mass is 32.1. The van der Waals surface area contributed by atoms with Gasteiger partial charge in [0.1, 0.15) is 0 Å². The molecule has 3 nitrogen and oxygen atoms in total. The fourth-order valence-corrected chi connectivity index (χ4v) is 0. The van der Waals surface area contributed by atoms with Crippen molar-refractivity contribution >= 4 is 13.5 Å². The number of hydrogen-bond donors (Lipinski definition) is 2. The van der Waals surface area contributed by atoms with Gasteiger partial charge in [-0.15, -0.1) is 0 Å². The molecule has 0 aromatic heterocycles. The Bertz CT molecular complexity index is 25.5. The van der Waals surface area contributed by atoms with Gasteiger partial charge in [-0.3, -0.25) is 4.84 Å². The molecule has 6 heavy (non-hydrogen) atoms. The van der Waals surface area contributed by atoms with Gasteiger partial charge in [-0.1, -0.05) is 0 Å². The van der Waals surface area contributed by atoms with Crippen LogP contribution in [0.2, 0.25) is 0 Å². The van der Waals surface area contributed by atoms with E-state index in [0.717, 1.165) is 0 Å². The molecule has 4 heteroatoms. The van der Waals surface area contributed by atoms with Gasteiger partial charge in [0.15, 0.2) is 6.29 Å². The lowest BCUT2D eigenvalue weighted by Gasteiger charge is -1.93. The molecule has 0 saturated heterocycles. The molecule has 1 unspecified atom stereocenters. The lowest BCUT2D eigenvalue weighted by molar-refractivity contribution is -0.0874. The molecule has 0 saturated carbocycles. The fourth-order valence-electron chi connectivity index (χ4n) is 0. The SMILES string of the molecule is CC(O)ON.S. The monoisotopic (exact) mass is 111 g/mol. The first-order chi connectivity index (χ1) is 2.27. The normalized spacial score (nSPS) is 12.5. The lowest BCUT2D eigenvalue weighted by atomic mass is 10.8. The maximum atomic E-state index is 8.01. The Morgan fingerprint density at radius 1 is 1.83 bits per heavy atom. The number of nitrogens with two attached hydrogens (primary N) is 1. The second-order valence-electron chi connectivity index (χ2n) is 0.735. The highest BCUT2D eigenvalue weighted by molar-refractivity contribution is 7.59. The van der Waals surface area contributed by atoms with Gasteiger partial charge in [-0.05, 0) is 6.92 Å². The summed E-state index contributed by atoms with van der Waals surface area (Å²) in [4.78, 5) is 3.81. The molecule has 0 fully saturated rings. The van der Waals surface area contributed by atoms with Gasteiger partial charge in [0, 0.05) is 0 Å². The quantitative estimate of drug-likeness (QED) is 0.348. The van der Waals surface area contributed by atoms with Gasteiger partial charge in [0.25, 0.3) is 0 Å². The van der Waals surface area contributed by atoms with Crippen molar-refractivity contribution in [2.45, 2.75) is 13.2 Å². The maximum absolute atomic E-state index is 8.01.